The highest BCUT2D eigenvalue weighted by Gasteiger charge is 2.28. The molecule has 14 aromatic carbocycles. The van der Waals surface area contributed by atoms with Crippen molar-refractivity contribution in [1.29, 1.82) is 0 Å². The van der Waals surface area contributed by atoms with Crippen LogP contribution in [-0.4, -0.2) is 44.0 Å². The molecule has 22 aromatic rings. The van der Waals surface area contributed by atoms with E-state index in [9.17, 15) is 0 Å². The van der Waals surface area contributed by atoms with Gasteiger partial charge in [-0.25, -0.2) is 34.9 Å². The van der Waals surface area contributed by atoms with Crippen LogP contribution in [0.15, 0.2) is 391 Å². The summed E-state index contributed by atoms with van der Waals surface area (Å²) in [7, 11) is 0. The van der Waals surface area contributed by atoms with Crippen LogP contribution in [0.3, 0.4) is 0 Å². The van der Waals surface area contributed by atoms with Crippen molar-refractivity contribution >= 4 is 87.7 Å². The molecular weight excluding hydrogens is 1370 g/mol. The van der Waals surface area contributed by atoms with Crippen molar-refractivity contribution in [3.05, 3.63) is 382 Å². The molecule has 112 heavy (non-hydrogen) atoms. The topological polar surface area (TPSA) is 126 Å². The number of fused-ring (bicyclic) bond motifs is 14. The maximum absolute atomic E-state index is 6.96. The zero-order valence-corrected chi connectivity index (χ0v) is 60.2. The first-order chi connectivity index (χ1) is 55.5. The van der Waals surface area contributed by atoms with Crippen LogP contribution in [0.1, 0.15) is 0 Å². The highest BCUT2D eigenvalue weighted by atomic mass is 16.3. The van der Waals surface area contributed by atoms with E-state index >= 15 is 0 Å². The van der Waals surface area contributed by atoms with Gasteiger partial charge in [0.1, 0.15) is 22.2 Å². The Hall–Kier alpha value is -15.3. The molecule has 0 saturated heterocycles. The molecule has 0 bridgehead atoms. The molecule has 0 aliphatic rings. The van der Waals surface area contributed by atoms with Crippen LogP contribution in [0, 0.1) is 0 Å². The molecule has 11 nitrogen and oxygen atoms in total. The van der Waals surface area contributed by atoms with Gasteiger partial charge in [0.25, 0.3) is 0 Å². The first kappa shape index (κ1) is 65.0. The van der Waals surface area contributed by atoms with Gasteiger partial charge in [0.2, 0.25) is 0 Å². The first-order valence-electron chi connectivity index (χ1n) is 37.4. The molecule has 11 heteroatoms. The van der Waals surface area contributed by atoms with Gasteiger partial charge in [-0.1, -0.05) is 303 Å². The number of furan rings is 2. The van der Waals surface area contributed by atoms with Gasteiger partial charge in [0.15, 0.2) is 34.5 Å². The van der Waals surface area contributed by atoms with Crippen molar-refractivity contribution in [2.45, 2.75) is 0 Å². The quantitative estimate of drug-likeness (QED) is 0.117. The smallest absolute Gasteiger partial charge is 0.164 e. The van der Waals surface area contributed by atoms with Gasteiger partial charge < -0.3 is 18.0 Å². The first-order valence-corrected chi connectivity index (χ1v) is 37.4. The second kappa shape index (κ2) is 27.5. The molecule has 0 N–H and O–H groups in total. The molecule has 0 atom stereocenters. The van der Waals surface area contributed by atoms with Gasteiger partial charge in [-0.05, 0) is 101 Å². The lowest BCUT2D eigenvalue weighted by molar-refractivity contribution is 0.676. The normalized spacial score (nSPS) is 11.6. The van der Waals surface area contributed by atoms with Gasteiger partial charge in [-0.2, -0.15) is 0 Å². The molecule has 0 saturated carbocycles. The average Bonchev–Trinajstić information content (AvgIpc) is 1.55. The van der Waals surface area contributed by atoms with E-state index in [2.05, 4.69) is 264 Å². The summed E-state index contributed by atoms with van der Waals surface area (Å²) in [5.74, 6) is 2.61. The zero-order valence-electron chi connectivity index (χ0n) is 60.2. The molecular formula is C101H63N9O2. The fourth-order valence-electron chi connectivity index (χ4n) is 15.7. The second-order valence-electron chi connectivity index (χ2n) is 27.8. The summed E-state index contributed by atoms with van der Waals surface area (Å²) in [5, 5.41) is 6.08. The van der Waals surface area contributed by atoms with E-state index in [0.29, 0.717) is 23.3 Å². The standard InChI is InChI=1S/C51H32N4O.C50H31N5O/c1-5-15-34(16-6-1)43-32-44(54-51(53-43)37-19-9-3-10-20-37)35-27-25-33(26-28-35)38-29-30-41-45(31-38)55(39-21-11-4-12-22-39)48-46-47(36-17-7-2-8-18-36)52-42-24-14-13-23-40(42)49(46)56-50(41)48;1-5-15-33(16-6-1)44-43-45-47(56-46(43)39-23-13-14-24-41(39)51-44)40-30-29-37(31-42(40)55(45)38-21-11-4-12-22-38)32-25-27-36(28-26-32)50-53-48(34-17-7-2-8-18-34)52-49(54-50)35-19-9-3-10-20-35/h1-32H;1-31H. The molecule has 0 aliphatic heterocycles. The molecule has 0 radical (unpaired) electrons. The Balaban J connectivity index is 0.000000141. The molecule has 0 fully saturated rings. The van der Waals surface area contributed by atoms with Crippen molar-refractivity contribution in [3.63, 3.8) is 0 Å². The van der Waals surface area contributed by atoms with E-state index in [1.807, 2.05) is 127 Å². The van der Waals surface area contributed by atoms with Crippen molar-refractivity contribution in [3.8, 4) is 124 Å². The summed E-state index contributed by atoms with van der Waals surface area (Å²) < 4.78 is 18.6. The van der Waals surface area contributed by atoms with Crippen LogP contribution < -0.4 is 0 Å². The van der Waals surface area contributed by atoms with Gasteiger partial charge in [-0.3, -0.25) is 0 Å². The predicted octanol–water partition coefficient (Wildman–Crippen LogP) is 25.8. The van der Waals surface area contributed by atoms with E-state index in [-0.39, 0.29) is 0 Å². The third-order valence-electron chi connectivity index (χ3n) is 21.1. The Labute approximate surface area is 643 Å². The van der Waals surface area contributed by atoms with Crippen LogP contribution in [0.5, 0.6) is 0 Å². The van der Waals surface area contributed by atoms with Crippen molar-refractivity contribution in [2.75, 3.05) is 0 Å². The SMILES string of the molecule is c1ccc(-c2cc(-c3ccc(-c4ccc5c6oc7c8ccccc8nc(-c8ccccc8)c7c6n(-c6ccccc6)c5c4)cc3)nc(-c3ccccc3)n2)cc1.c1ccc(-c2nc(-c3ccccc3)nc(-c3ccc(-c4ccc5c6oc7c8ccccc8nc(-c8ccccc8)c7c6n(-c6ccccc6)c5c4)cc3)n2)cc1. The maximum atomic E-state index is 6.96. The van der Waals surface area contributed by atoms with E-state index < -0.39 is 0 Å². The minimum Gasteiger partial charge on any atom is -0.453 e. The van der Waals surface area contributed by atoms with Gasteiger partial charge >= 0.3 is 0 Å². The average molecular weight is 1430 g/mol. The Bertz CT molecular complexity index is 6740. The van der Waals surface area contributed by atoms with Crippen molar-refractivity contribution < 1.29 is 8.83 Å². The molecule has 8 heterocycles. The van der Waals surface area contributed by atoms with Gasteiger partial charge in [0, 0.05) is 77.4 Å². The minimum absolute atomic E-state index is 0.625. The summed E-state index contributed by atoms with van der Waals surface area (Å²) in [6.45, 7) is 0. The number of pyridine rings is 2. The molecule has 524 valence electrons. The fourth-order valence-corrected chi connectivity index (χ4v) is 15.7. The van der Waals surface area contributed by atoms with Crippen LogP contribution in [-0.2, 0) is 0 Å². The maximum Gasteiger partial charge on any atom is 0.164 e. The molecule has 0 spiro atoms. The van der Waals surface area contributed by atoms with Crippen LogP contribution in [0.2, 0.25) is 0 Å². The van der Waals surface area contributed by atoms with E-state index in [4.69, 9.17) is 43.7 Å². The highest BCUT2D eigenvalue weighted by Crippen LogP contribution is 2.48. The molecule has 0 amide bonds. The van der Waals surface area contributed by atoms with E-state index in [1.54, 1.807) is 0 Å². The molecule has 22 rings (SSSR count). The Kier molecular flexibility index (Phi) is 15.9. The molecule has 8 aromatic heterocycles. The number of hydrogen-bond donors (Lipinski definition) is 0. The lowest BCUT2D eigenvalue weighted by atomic mass is 10.0. The molecule has 0 unspecified atom stereocenters. The zero-order chi connectivity index (χ0) is 74.0. The summed E-state index contributed by atoms with van der Waals surface area (Å²) in [6, 6.07) is 131. The van der Waals surface area contributed by atoms with Gasteiger partial charge in [-0.15, -0.1) is 0 Å². The minimum atomic E-state index is 0.625. The number of aromatic nitrogens is 9. The van der Waals surface area contributed by atoms with Crippen molar-refractivity contribution in [2.24, 2.45) is 0 Å². The Morgan fingerprint density at radius 1 is 0.196 bits per heavy atom. The largest absolute Gasteiger partial charge is 0.453 e. The summed E-state index contributed by atoms with van der Waals surface area (Å²) in [5.41, 5.74) is 27.3. The lowest BCUT2D eigenvalue weighted by Gasteiger charge is -2.12. The van der Waals surface area contributed by atoms with Crippen LogP contribution >= 0.6 is 0 Å². The number of para-hydroxylation sites is 4. The van der Waals surface area contributed by atoms with Crippen LogP contribution in [0.4, 0.5) is 0 Å². The second-order valence-corrected chi connectivity index (χ2v) is 27.8. The fraction of sp³-hybridized carbons (Fsp3) is 0. The van der Waals surface area contributed by atoms with Crippen LogP contribution in [0.25, 0.3) is 212 Å². The summed E-state index contributed by atoms with van der Waals surface area (Å²) >= 11 is 0. The summed E-state index contributed by atoms with van der Waals surface area (Å²) in [6.07, 6.45) is 0. The predicted molar refractivity (Wildman–Crippen MR) is 455 cm³/mol. The summed E-state index contributed by atoms with van der Waals surface area (Å²) in [4.78, 5) is 35.3. The Morgan fingerprint density at radius 3 is 0.866 bits per heavy atom. The third kappa shape index (κ3) is 11.5. The van der Waals surface area contributed by atoms with Crippen molar-refractivity contribution in [1.82, 2.24) is 44.0 Å². The number of rotatable bonds is 12. The molecule has 0 aliphatic carbocycles. The third-order valence-corrected chi connectivity index (χ3v) is 21.1. The monoisotopic (exact) mass is 1430 g/mol. The number of nitrogens with zero attached hydrogens (tertiary/aromatic N) is 9. The Morgan fingerprint density at radius 2 is 0.482 bits per heavy atom. The van der Waals surface area contributed by atoms with E-state index in [1.165, 1.54) is 0 Å². The van der Waals surface area contributed by atoms with E-state index in [0.717, 1.165) is 189 Å². The number of benzene rings is 14. The number of hydrogen-bond acceptors (Lipinski definition) is 9. The van der Waals surface area contributed by atoms with Gasteiger partial charge in [0.05, 0.1) is 55.6 Å². The highest BCUT2D eigenvalue weighted by molar-refractivity contribution is 6.26. The lowest BCUT2D eigenvalue weighted by Crippen LogP contribution is -2.00.